The third kappa shape index (κ3) is 2.74. The number of aryl methyl sites for hydroxylation is 1. The Morgan fingerprint density at radius 1 is 1.32 bits per heavy atom. The molecule has 0 N–H and O–H groups in total. The second kappa shape index (κ2) is 6.46. The fourth-order valence-corrected chi connectivity index (χ4v) is 2.07. The van der Waals surface area contributed by atoms with E-state index in [9.17, 15) is 9.18 Å². The molecular formula is C15H16FNO5. The predicted molar refractivity (Wildman–Crippen MR) is 75.7 cm³/mol. The van der Waals surface area contributed by atoms with Gasteiger partial charge >= 0.3 is 5.97 Å². The van der Waals surface area contributed by atoms with Crippen molar-refractivity contribution in [3.8, 4) is 22.8 Å². The summed E-state index contributed by atoms with van der Waals surface area (Å²) in [5, 5.41) is 3.82. The molecule has 0 bridgehead atoms. The Morgan fingerprint density at radius 3 is 2.64 bits per heavy atom. The number of carbonyl (C=O) groups is 1. The quantitative estimate of drug-likeness (QED) is 0.791. The number of methoxy groups -OCH3 is 2. The van der Waals surface area contributed by atoms with E-state index in [1.807, 2.05) is 0 Å². The maximum Gasteiger partial charge on any atom is 0.344 e. The van der Waals surface area contributed by atoms with E-state index < -0.39 is 11.8 Å². The summed E-state index contributed by atoms with van der Waals surface area (Å²) in [4.78, 5) is 12.0. The second-order valence-corrected chi connectivity index (χ2v) is 4.38. The molecule has 0 amide bonds. The zero-order chi connectivity index (χ0) is 16.3. The van der Waals surface area contributed by atoms with E-state index in [1.54, 1.807) is 13.8 Å². The monoisotopic (exact) mass is 309 g/mol. The van der Waals surface area contributed by atoms with Gasteiger partial charge < -0.3 is 18.7 Å². The van der Waals surface area contributed by atoms with Gasteiger partial charge in [0.2, 0.25) is 0 Å². The van der Waals surface area contributed by atoms with Crippen LogP contribution in [0.1, 0.15) is 23.0 Å². The van der Waals surface area contributed by atoms with Crippen molar-refractivity contribution in [2.75, 3.05) is 20.8 Å². The molecule has 7 heteroatoms. The van der Waals surface area contributed by atoms with E-state index in [1.165, 1.54) is 26.4 Å². The van der Waals surface area contributed by atoms with Gasteiger partial charge in [-0.2, -0.15) is 0 Å². The zero-order valence-electron chi connectivity index (χ0n) is 12.7. The molecule has 1 aromatic carbocycles. The summed E-state index contributed by atoms with van der Waals surface area (Å²) in [7, 11) is 2.73. The van der Waals surface area contributed by atoms with Gasteiger partial charge in [0.05, 0.1) is 20.8 Å². The molecule has 0 aliphatic heterocycles. The molecule has 0 spiro atoms. The molecule has 0 saturated carbocycles. The Hall–Kier alpha value is -2.57. The molecule has 2 rings (SSSR count). The minimum Gasteiger partial charge on any atom is -0.493 e. The number of aromatic nitrogens is 1. The van der Waals surface area contributed by atoms with Crippen molar-refractivity contribution in [1.82, 2.24) is 5.16 Å². The van der Waals surface area contributed by atoms with Crippen molar-refractivity contribution in [3.63, 3.8) is 0 Å². The maximum atomic E-state index is 14.1. The number of esters is 1. The number of ether oxygens (including phenoxy) is 3. The van der Waals surface area contributed by atoms with Gasteiger partial charge in [0.1, 0.15) is 17.0 Å². The number of benzene rings is 1. The van der Waals surface area contributed by atoms with E-state index in [2.05, 4.69) is 5.16 Å². The maximum absolute atomic E-state index is 14.1. The molecule has 22 heavy (non-hydrogen) atoms. The molecule has 1 heterocycles. The van der Waals surface area contributed by atoms with Gasteiger partial charge in [-0.15, -0.1) is 0 Å². The molecule has 0 atom stereocenters. The first-order valence-corrected chi connectivity index (χ1v) is 6.58. The SMILES string of the molecule is CCOC(=O)c1c(-c2cc(F)c(OC)c(OC)c2)noc1C. The Balaban J connectivity index is 2.58. The Labute approximate surface area is 126 Å². The van der Waals surface area contributed by atoms with Gasteiger partial charge in [0, 0.05) is 5.56 Å². The van der Waals surface area contributed by atoms with Gasteiger partial charge in [0.15, 0.2) is 17.3 Å². The summed E-state index contributed by atoms with van der Waals surface area (Å²) < 4.78 is 34.1. The molecule has 0 radical (unpaired) electrons. The fraction of sp³-hybridized carbons (Fsp3) is 0.333. The summed E-state index contributed by atoms with van der Waals surface area (Å²) in [5.41, 5.74) is 0.680. The average molecular weight is 309 g/mol. The van der Waals surface area contributed by atoms with Crippen LogP contribution in [-0.4, -0.2) is 32.0 Å². The molecule has 0 fully saturated rings. The third-order valence-electron chi connectivity index (χ3n) is 3.05. The van der Waals surface area contributed by atoms with Crippen LogP contribution in [0.3, 0.4) is 0 Å². The molecule has 0 unspecified atom stereocenters. The van der Waals surface area contributed by atoms with Gasteiger partial charge in [-0.1, -0.05) is 5.16 Å². The summed E-state index contributed by atoms with van der Waals surface area (Å²) >= 11 is 0. The van der Waals surface area contributed by atoms with E-state index in [0.29, 0.717) is 11.3 Å². The van der Waals surface area contributed by atoms with Gasteiger partial charge in [-0.25, -0.2) is 9.18 Å². The van der Waals surface area contributed by atoms with Crippen LogP contribution in [0.25, 0.3) is 11.3 Å². The largest absolute Gasteiger partial charge is 0.493 e. The molecule has 0 aliphatic rings. The minimum atomic E-state index is -0.632. The highest BCUT2D eigenvalue weighted by Crippen LogP contribution is 2.36. The Bertz CT molecular complexity index is 695. The van der Waals surface area contributed by atoms with Crippen molar-refractivity contribution >= 4 is 5.97 Å². The summed E-state index contributed by atoms with van der Waals surface area (Å²) in [5.74, 6) is -0.750. The lowest BCUT2D eigenvalue weighted by molar-refractivity contribution is 0.0525. The molecule has 2 aromatic rings. The lowest BCUT2D eigenvalue weighted by Gasteiger charge is -2.10. The Kier molecular flexibility index (Phi) is 4.65. The van der Waals surface area contributed by atoms with Crippen molar-refractivity contribution in [1.29, 1.82) is 0 Å². The van der Waals surface area contributed by atoms with Crippen LogP contribution in [0.2, 0.25) is 0 Å². The van der Waals surface area contributed by atoms with Crippen LogP contribution in [0.15, 0.2) is 16.7 Å². The number of rotatable bonds is 5. The summed E-state index contributed by atoms with van der Waals surface area (Å²) in [6, 6.07) is 2.71. The number of carbonyl (C=O) groups excluding carboxylic acids is 1. The van der Waals surface area contributed by atoms with Crippen LogP contribution in [0.4, 0.5) is 4.39 Å². The van der Waals surface area contributed by atoms with E-state index in [0.717, 1.165) is 0 Å². The van der Waals surface area contributed by atoms with Crippen LogP contribution in [0.5, 0.6) is 11.5 Å². The van der Waals surface area contributed by atoms with E-state index in [4.69, 9.17) is 18.7 Å². The van der Waals surface area contributed by atoms with Gasteiger partial charge in [0.25, 0.3) is 0 Å². The zero-order valence-corrected chi connectivity index (χ0v) is 12.7. The van der Waals surface area contributed by atoms with Crippen LogP contribution < -0.4 is 9.47 Å². The van der Waals surface area contributed by atoms with Crippen molar-refractivity contribution in [3.05, 3.63) is 29.3 Å². The second-order valence-electron chi connectivity index (χ2n) is 4.38. The third-order valence-corrected chi connectivity index (χ3v) is 3.05. The highest BCUT2D eigenvalue weighted by molar-refractivity contribution is 5.97. The van der Waals surface area contributed by atoms with Gasteiger partial charge in [-0.05, 0) is 26.0 Å². The van der Waals surface area contributed by atoms with Crippen LogP contribution in [0, 0.1) is 12.7 Å². The fourth-order valence-electron chi connectivity index (χ4n) is 2.07. The predicted octanol–water partition coefficient (Wildman–Crippen LogP) is 2.98. The van der Waals surface area contributed by atoms with E-state index >= 15 is 0 Å². The van der Waals surface area contributed by atoms with Crippen LogP contribution >= 0.6 is 0 Å². The van der Waals surface area contributed by atoms with Crippen LogP contribution in [-0.2, 0) is 4.74 Å². The highest BCUT2D eigenvalue weighted by atomic mass is 19.1. The summed E-state index contributed by atoms with van der Waals surface area (Å²) in [6.07, 6.45) is 0. The van der Waals surface area contributed by atoms with E-state index in [-0.39, 0.29) is 29.4 Å². The topological polar surface area (TPSA) is 70.8 Å². The molecule has 118 valence electrons. The lowest BCUT2D eigenvalue weighted by atomic mass is 10.1. The molecule has 0 saturated heterocycles. The van der Waals surface area contributed by atoms with Crippen molar-refractivity contribution in [2.45, 2.75) is 13.8 Å². The molecule has 0 aliphatic carbocycles. The number of hydrogen-bond acceptors (Lipinski definition) is 6. The minimum absolute atomic E-state index is 0.0239. The lowest BCUT2D eigenvalue weighted by Crippen LogP contribution is -2.07. The first-order valence-electron chi connectivity index (χ1n) is 6.58. The number of halogens is 1. The molecule has 1 aromatic heterocycles. The first kappa shape index (κ1) is 15.8. The first-order chi connectivity index (χ1) is 10.5. The number of nitrogens with zero attached hydrogens (tertiary/aromatic N) is 1. The highest BCUT2D eigenvalue weighted by Gasteiger charge is 2.24. The molecule has 6 nitrogen and oxygen atoms in total. The molecular weight excluding hydrogens is 293 g/mol. The average Bonchev–Trinajstić information content (AvgIpc) is 2.88. The smallest absolute Gasteiger partial charge is 0.344 e. The summed E-state index contributed by atoms with van der Waals surface area (Å²) in [6.45, 7) is 3.49. The van der Waals surface area contributed by atoms with Gasteiger partial charge in [-0.3, -0.25) is 0 Å². The number of hydrogen-bond donors (Lipinski definition) is 0. The normalized spacial score (nSPS) is 10.4. The standard InChI is InChI=1S/C15H16FNO5/c1-5-21-15(18)12-8(2)22-17-13(12)9-6-10(16)14(20-4)11(7-9)19-3/h6-7H,5H2,1-4H3. The Morgan fingerprint density at radius 2 is 2.05 bits per heavy atom. The van der Waals surface area contributed by atoms with Crippen molar-refractivity contribution in [2.24, 2.45) is 0 Å². The van der Waals surface area contributed by atoms with Crippen molar-refractivity contribution < 1.29 is 27.9 Å².